The third kappa shape index (κ3) is 13.9. The molecule has 4 rings (SSSR count). The Morgan fingerprint density at radius 3 is 1.82 bits per heavy atom. The zero-order valence-electron chi connectivity index (χ0n) is 31.1. The van der Waals surface area contributed by atoms with Crippen LogP contribution in [0.1, 0.15) is 68.1 Å². The molecule has 1 fully saturated rings. The van der Waals surface area contributed by atoms with Gasteiger partial charge in [-0.15, -0.1) is 0 Å². The van der Waals surface area contributed by atoms with Crippen LogP contribution in [0.2, 0.25) is 0 Å². The van der Waals surface area contributed by atoms with Crippen LogP contribution in [0, 0.1) is 11.3 Å². The van der Waals surface area contributed by atoms with E-state index in [9.17, 15) is 44.1 Å². The molecule has 56 heavy (non-hydrogen) atoms. The highest BCUT2D eigenvalue weighted by molar-refractivity contribution is 5.89. The van der Waals surface area contributed by atoms with E-state index in [0.717, 1.165) is 11.1 Å². The molecule has 4 amide bonds. The molecule has 0 aliphatic heterocycles. The first-order valence-corrected chi connectivity index (χ1v) is 18.7. The highest BCUT2D eigenvalue weighted by Crippen LogP contribution is 2.43. The SMILES string of the molecule is O=C(NCCCC[C@H](NC(=O)OCc1ccccc1)C(=O)NC[C@H](CC1(C(=O)N[C@@H](Cc2ccc(O)cc2)C(=O)O)CCCC1)C(=O)O)OCc1ccccc1. The Kier molecular flexibility index (Phi) is 16.5. The fourth-order valence-electron chi connectivity index (χ4n) is 6.63. The van der Waals surface area contributed by atoms with E-state index in [1.54, 1.807) is 36.4 Å². The van der Waals surface area contributed by atoms with Gasteiger partial charge in [0.05, 0.1) is 11.3 Å². The lowest BCUT2D eigenvalue weighted by molar-refractivity contribution is -0.147. The molecule has 15 heteroatoms. The van der Waals surface area contributed by atoms with Crippen LogP contribution in [0.5, 0.6) is 5.75 Å². The summed E-state index contributed by atoms with van der Waals surface area (Å²) in [5.41, 5.74) is 0.970. The minimum atomic E-state index is -1.30. The van der Waals surface area contributed by atoms with Crippen molar-refractivity contribution in [1.82, 2.24) is 21.3 Å². The number of benzene rings is 3. The topological polar surface area (TPSA) is 230 Å². The average Bonchev–Trinajstić information content (AvgIpc) is 3.68. The predicted octanol–water partition coefficient (Wildman–Crippen LogP) is 4.66. The smallest absolute Gasteiger partial charge is 0.408 e. The fraction of sp³-hybridized carbons (Fsp3) is 0.415. The Bertz CT molecular complexity index is 1750. The Morgan fingerprint density at radius 2 is 1.25 bits per heavy atom. The maximum Gasteiger partial charge on any atom is 0.408 e. The van der Waals surface area contributed by atoms with Gasteiger partial charge in [-0.3, -0.25) is 14.4 Å². The van der Waals surface area contributed by atoms with Crippen LogP contribution < -0.4 is 21.3 Å². The van der Waals surface area contributed by atoms with Crippen LogP contribution in [-0.2, 0) is 48.3 Å². The number of aliphatic carboxylic acids is 2. The predicted molar refractivity (Wildman–Crippen MR) is 203 cm³/mol. The number of carboxylic acids is 2. The highest BCUT2D eigenvalue weighted by atomic mass is 16.6. The van der Waals surface area contributed by atoms with Gasteiger partial charge < -0.3 is 46.1 Å². The Labute approximate surface area is 325 Å². The first-order chi connectivity index (χ1) is 26.9. The molecule has 0 spiro atoms. The molecule has 3 aromatic carbocycles. The van der Waals surface area contributed by atoms with Crippen molar-refractivity contribution in [3.8, 4) is 5.75 Å². The zero-order chi connectivity index (χ0) is 40.3. The summed E-state index contributed by atoms with van der Waals surface area (Å²) in [6, 6.07) is 21.7. The molecule has 300 valence electrons. The summed E-state index contributed by atoms with van der Waals surface area (Å²) in [5, 5.41) is 40.1. The van der Waals surface area contributed by atoms with E-state index in [1.807, 2.05) is 36.4 Å². The average molecular weight is 775 g/mol. The highest BCUT2D eigenvalue weighted by Gasteiger charge is 2.45. The first kappa shape index (κ1) is 42.6. The number of nitrogens with one attached hydrogen (secondary N) is 4. The van der Waals surface area contributed by atoms with Crippen molar-refractivity contribution >= 4 is 35.9 Å². The molecule has 0 aromatic heterocycles. The van der Waals surface area contributed by atoms with E-state index in [-0.39, 0.29) is 51.3 Å². The molecular formula is C41H50N4O11. The largest absolute Gasteiger partial charge is 0.508 e. The Hall–Kier alpha value is -6.12. The van der Waals surface area contributed by atoms with E-state index >= 15 is 0 Å². The van der Waals surface area contributed by atoms with Crippen LogP contribution >= 0.6 is 0 Å². The maximum atomic E-state index is 13.7. The fourth-order valence-corrected chi connectivity index (χ4v) is 6.63. The molecule has 15 nitrogen and oxygen atoms in total. The number of amides is 4. The van der Waals surface area contributed by atoms with Crippen molar-refractivity contribution in [3.05, 3.63) is 102 Å². The van der Waals surface area contributed by atoms with Crippen molar-refractivity contribution < 1.29 is 53.6 Å². The minimum Gasteiger partial charge on any atom is -0.508 e. The lowest BCUT2D eigenvalue weighted by Gasteiger charge is -2.32. The zero-order valence-corrected chi connectivity index (χ0v) is 31.1. The van der Waals surface area contributed by atoms with E-state index in [1.165, 1.54) is 12.1 Å². The Morgan fingerprint density at radius 1 is 0.661 bits per heavy atom. The summed E-state index contributed by atoms with van der Waals surface area (Å²) in [6.07, 6.45) is 1.26. The molecule has 7 N–H and O–H groups in total. The number of carbonyl (C=O) groups excluding carboxylic acids is 4. The molecule has 3 aromatic rings. The standard InChI is InChI=1S/C41H50N4O11/c46-32-18-16-28(17-19-32)23-34(37(50)51)44-38(52)41(20-8-9-21-41)24-31(36(48)49)25-43-35(47)33(45-40(54)56-27-30-13-5-2-6-14-30)15-7-10-22-42-39(53)55-26-29-11-3-1-4-12-29/h1-6,11-14,16-19,31,33-34,46H,7-10,15,20-27H2,(H,42,53)(H,43,47)(H,44,52)(H,45,54)(H,48,49)(H,50,51)/t31-,33-,34-/m0/s1. The number of carbonyl (C=O) groups is 6. The third-order valence-corrected chi connectivity index (χ3v) is 9.75. The first-order valence-electron chi connectivity index (χ1n) is 18.7. The molecule has 1 saturated carbocycles. The molecule has 0 radical (unpaired) electrons. The summed E-state index contributed by atoms with van der Waals surface area (Å²) in [6.45, 7) is -0.0513. The van der Waals surface area contributed by atoms with Crippen molar-refractivity contribution in [1.29, 1.82) is 0 Å². The van der Waals surface area contributed by atoms with Crippen molar-refractivity contribution in [2.45, 2.75) is 83.1 Å². The number of phenolic OH excluding ortho intramolecular Hbond substituents is 1. The van der Waals surface area contributed by atoms with Crippen LogP contribution in [0.4, 0.5) is 9.59 Å². The number of ether oxygens (including phenoxy) is 2. The quantitative estimate of drug-likeness (QED) is 0.0736. The number of alkyl carbamates (subject to hydrolysis) is 2. The van der Waals surface area contributed by atoms with Crippen molar-refractivity contribution in [2.24, 2.45) is 11.3 Å². The molecule has 1 aliphatic carbocycles. The van der Waals surface area contributed by atoms with E-state index in [2.05, 4.69) is 21.3 Å². The molecule has 0 saturated heterocycles. The summed E-state index contributed by atoms with van der Waals surface area (Å²) >= 11 is 0. The number of aromatic hydroxyl groups is 1. The summed E-state index contributed by atoms with van der Waals surface area (Å²) < 4.78 is 10.5. The van der Waals surface area contributed by atoms with Crippen LogP contribution in [0.15, 0.2) is 84.9 Å². The van der Waals surface area contributed by atoms with Gasteiger partial charge in [0.15, 0.2) is 0 Å². The second kappa shape index (κ2) is 21.7. The van der Waals surface area contributed by atoms with Gasteiger partial charge in [-0.2, -0.15) is 0 Å². The van der Waals surface area contributed by atoms with Gasteiger partial charge in [0.2, 0.25) is 11.8 Å². The lowest BCUT2D eigenvalue weighted by atomic mass is 9.76. The van der Waals surface area contributed by atoms with Gasteiger partial charge in [-0.1, -0.05) is 85.6 Å². The monoisotopic (exact) mass is 774 g/mol. The molecule has 3 atom stereocenters. The van der Waals surface area contributed by atoms with E-state index in [0.29, 0.717) is 44.1 Å². The van der Waals surface area contributed by atoms with E-state index in [4.69, 9.17) is 9.47 Å². The number of hydrogen-bond donors (Lipinski definition) is 7. The molecular weight excluding hydrogens is 724 g/mol. The van der Waals surface area contributed by atoms with Crippen LogP contribution in [0.3, 0.4) is 0 Å². The third-order valence-electron chi connectivity index (χ3n) is 9.75. The Balaban J connectivity index is 1.35. The molecule has 1 aliphatic rings. The van der Waals surface area contributed by atoms with Gasteiger partial charge in [-0.25, -0.2) is 14.4 Å². The molecule has 0 unspecified atom stereocenters. The summed E-state index contributed by atoms with van der Waals surface area (Å²) in [5.74, 6) is -4.94. The van der Waals surface area contributed by atoms with E-state index < -0.39 is 59.4 Å². The van der Waals surface area contributed by atoms with Crippen LogP contribution in [0.25, 0.3) is 0 Å². The number of phenols is 1. The number of rotatable bonds is 21. The number of unbranched alkanes of at least 4 members (excludes halogenated alkanes) is 1. The minimum absolute atomic E-state index is 0.0118. The second-order valence-corrected chi connectivity index (χ2v) is 13.9. The van der Waals surface area contributed by atoms with Crippen molar-refractivity contribution in [2.75, 3.05) is 13.1 Å². The second-order valence-electron chi connectivity index (χ2n) is 13.9. The van der Waals surface area contributed by atoms with Gasteiger partial charge in [0.25, 0.3) is 0 Å². The van der Waals surface area contributed by atoms with Gasteiger partial charge in [0, 0.05) is 19.5 Å². The van der Waals surface area contributed by atoms with Gasteiger partial charge >= 0.3 is 24.1 Å². The van der Waals surface area contributed by atoms with Crippen LogP contribution in [-0.4, -0.2) is 76.4 Å². The lowest BCUT2D eigenvalue weighted by Crippen LogP contribution is -2.51. The van der Waals surface area contributed by atoms with Gasteiger partial charge in [0.1, 0.15) is 31.0 Å². The normalized spacial score (nSPS) is 14.6. The summed E-state index contributed by atoms with van der Waals surface area (Å²) in [4.78, 5) is 76.8. The number of hydrogen-bond acceptors (Lipinski definition) is 9. The van der Waals surface area contributed by atoms with Crippen molar-refractivity contribution in [3.63, 3.8) is 0 Å². The molecule has 0 heterocycles. The number of carboxylic acid groups (broad SMARTS) is 2. The molecule has 0 bridgehead atoms. The summed E-state index contributed by atoms with van der Waals surface area (Å²) in [7, 11) is 0. The van der Waals surface area contributed by atoms with Gasteiger partial charge in [-0.05, 0) is 67.3 Å². The maximum absolute atomic E-state index is 13.7.